The van der Waals surface area contributed by atoms with Crippen LogP contribution in [0.4, 0.5) is 0 Å². The first-order valence-corrected chi connectivity index (χ1v) is 6.07. The van der Waals surface area contributed by atoms with Crippen LogP contribution in [-0.4, -0.2) is 26.9 Å². The predicted molar refractivity (Wildman–Crippen MR) is 70.6 cm³/mol. The molecule has 0 fully saturated rings. The van der Waals surface area contributed by atoms with Crippen LogP contribution >= 0.6 is 0 Å². The normalized spacial score (nSPS) is 17.2. The molecule has 6 heteroatoms. The molecule has 0 spiro atoms. The molecule has 0 amide bonds. The summed E-state index contributed by atoms with van der Waals surface area (Å²) in [5, 5.41) is 28.2. The third-order valence-electron chi connectivity index (χ3n) is 3.22. The zero-order valence-electron chi connectivity index (χ0n) is 10.6. The summed E-state index contributed by atoms with van der Waals surface area (Å²) in [5.74, 6) is -2.27. The van der Waals surface area contributed by atoms with Gasteiger partial charge in [-0.1, -0.05) is 6.07 Å². The topological polar surface area (TPSA) is 104 Å². The van der Waals surface area contributed by atoms with Gasteiger partial charge in [-0.15, -0.1) is 0 Å². The monoisotopic (exact) mass is 286 g/mol. The molecule has 1 atom stereocenters. The lowest BCUT2D eigenvalue weighted by atomic mass is 9.94. The molecule has 6 nitrogen and oxygen atoms in total. The molecule has 0 bridgehead atoms. The van der Waals surface area contributed by atoms with Crippen LogP contribution < -0.4 is 4.74 Å². The molecule has 21 heavy (non-hydrogen) atoms. The van der Waals surface area contributed by atoms with E-state index in [1.165, 1.54) is 30.3 Å². The van der Waals surface area contributed by atoms with Gasteiger partial charge in [-0.05, 0) is 24.3 Å². The summed E-state index contributed by atoms with van der Waals surface area (Å²) in [6, 6.07) is 7.57. The van der Waals surface area contributed by atoms with Crippen molar-refractivity contribution in [2.75, 3.05) is 0 Å². The van der Waals surface area contributed by atoms with Gasteiger partial charge in [0.25, 0.3) is 0 Å². The quantitative estimate of drug-likeness (QED) is 0.544. The third-order valence-corrected chi connectivity index (χ3v) is 3.22. The van der Waals surface area contributed by atoms with E-state index in [4.69, 9.17) is 4.74 Å². The van der Waals surface area contributed by atoms with Crippen molar-refractivity contribution in [1.29, 1.82) is 0 Å². The number of hydrogen-bond acceptors (Lipinski definition) is 6. The van der Waals surface area contributed by atoms with Gasteiger partial charge < -0.3 is 20.1 Å². The summed E-state index contributed by atoms with van der Waals surface area (Å²) in [6.45, 7) is 0. The molecule has 2 aromatic carbocycles. The number of rotatable bonds is 1. The van der Waals surface area contributed by atoms with Crippen molar-refractivity contribution in [3.8, 4) is 23.0 Å². The first-order chi connectivity index (χ1) is 9.97. The van der Waals surface area contributed by atoms with Crippen molar-refractivity contribution in [2.24, 2.45) is 0 Å². The molecule has 3 N–H and O–H groups in total. The average Bonchev–Trinajstić information content (AvgIpc) is 2.45. The Hall–Kier alpha value is -3.02. The van der Waals surface area contributed by atoms with Crippen LogP contribution in [0.2, 0.25) is 0 Å². The summed E-state index contributed by atoms with van der Waals surface area (Å²) in [4.78, 5) is 24.1. The molecule has 1 aliphatic heterocycles. The molecular weight excluding hydrogens is 276 g/mol. The fourth-order valence-corrected chi connectivity index (χ4v) is 2.15. The number of ketones is 2. The Balaban J connectivity index is 2.07. The Morgan fingerprint density at radius 2 is 1.67 bits per heavy atom. The minimum absolute atomic E-state index is 0.0806. The highest BCUT2D eigenvalue weighted by molar-refractivity contribution is 6.46. The average molecular weight is 286 g/mol. The van der Waals surface area contributed by atoms with E-state index in [1.54, 1.807) is 0 Å². The fourth-order valence-electron chi connectivity index (χ4n) is 2.15. The van der Waals surface area contributed by atoms with Crippen LogP contribution in [0.5, 0.6) is 23.0 Å². The molecule has 1 unspecified atom stereocenters. The zero-order chi connectivity index (χ0) is 15.1. The van der Waals surface area contributed by atoms with Crippen molar-refractivity contribution in [3.63, 3.8) is 0 Å². The number of Topliss-reactive ketones (excluding diaryl/α,β-unsaturated/α-hetero) is 2. The molecule has 3 rings (SSSR count). The van der Waals surface area contributed by atoms with Crippen molar-refractivity contribution in [2.45, 2.75) is 6.10 Å². The molecule has 2 aromatic rings. The van der Waals surface area contributed by atoms with E-state index < -0.39 is 23.4 Å². The predicted octanol–water partition coefficient (Wildman–Crippen LogP) is 1.69. The maximum absolute atomic E-state index is 12.1. The van der Waals surface area contributed by atoms with Crippen LogP contribution in [0, 0.1) is 0 Å². The van der Waals surface area contributed by atoms with Gasteiger partial charge in [0.1, 0.15) is 11.5 Å². The van der Waals surface area contributed by atoms with Crippen molar-refractivity contribution in [1.82, 2.24) is 0 Å². The SMILES string of the molecule is O=C1C(=O)C(c2ccc(O)c(O)c2)Oc2cc(O)ccc21. The summed E-state index contributed by atoms with van der Waals surface area (Å²) < 4.78 is 5.45. The van der Waals surface area contributed by atoms with Gasteiger partial charge >= 0.3 is 0 Å². The van der Waals surface area contributed by atoms with Crippen LogP contribution in [0.3, 0.4) is 0 Å². The first-order valence-electron chi connectivity index (χ1n) is 6.07. The highest BCUT2D eigenvalue weighted by Crippen LogP contribution is 2.37. The summed E-state index contributed by atoms with van der Waals surface area (Å²) in [5.41, 5.74) is 0.315. The largest absolute Gasteiger partial charge is 0.508 e. The van der Waals surface area contributed by atoms with E-state index in [2.05, 4.69) is 0 Å². The molecule has 1 heterocycles. The van der Waals surface area contributed by atoms with Gasteiger partial charge in [0, 0.05) is 11.6 Å². The van der Waals surface area contributed by atoms with Crippen LogP contribution in [0.1, 0.15) is 22.0 Å². The molecule has 1 aliphatic rings. The third kappa shape index (κ3) is 2.06. The molecule has 0 aliphatic carbocycles. The minimum atomic E-state index is -1.22. The Morgan fingerprint density at radius 1 is 0.905 bits per heavy atom. The maximum Gasteiger partial charge on any atom is 0.248 e. The Kier molecular flexibility index (Phi) is 2.79. The van der Waals surface area contributed by atoms with Gasteiger partial charge in [-0.25, -0.2) is 0 Å². The maximum atomic E-state index is 12.1. The first kappa shape index (κ1) is 13.0. The van der Waals surface area contributed by atoms with E-state index >= 15 is 0 Å². The van der Waals surface area contributed by atoms with E-state index in [0.717, 1.165) is 6.07 Å². The number of benzene rings is 2. The van der Waals surface area contributed by atoms with Crippen molar-refractivity contribution < 1.29 is 29.6 Å². The Bertz CT molecular complexity index is 765. The summed E-state index contributed by atoms with van der Waals surface area (Å²) in [6.07, 6.45) is -1.22. The lowest BCUT2D eigenvalue weighted by Gasteiger charge is -2.24. The number of carbonyl (C=O) groups excluding carboxylic acids is 2. The lowest BCUT2D eigenvalue weighted by Crippen LogP contribution is -2.31. The second kappa shape index (κ2) is 4.52. The number of carbonyl (C=O) groups is 2. The Morgan fingerprint density at radius 3 is 2.38 bits per heavy atom. The van der Waals surface area contributed by atoms with Crippen LogP contribution in [-0.2, 0) is 4.79 Å². The molecular formula is C15H10O6. The van der Waals surface area contributed by atoms with E-state index in [1.807, 2.05) is 0 Å². The van der Waals surface area contributed by atoms with Gasteiger partial charge in [0.2, 0.25) is 11.6 Å². The summed E-state index contributed by atoms with van der Waals surface area (Å²) in [7, 11) is 0. The second-order valence-corrected chi connectivity index (χ2v) is 4.62. The Labute approximate surface area is 118 Å². The van der Waals surface area contributed by atoms with Gasteiger partial charge in [0.15, 0.2) is 17.6 Å². The lowest BCUT2D eigenvalue weighted by molar-refractivity contribution is -0.122. The van der Waals surface area contributed by atoms with Gasteiger partial charge in [-0.3, -0.25) is 9.59 Å². The van der Waals surface area contributed by atoms with Crippen LogP contribution in [0.25, 0.3) is 0 Å². The number of ether oxygens (including phenoxy) is 1. The highest BCUT2D eigenvalue weighted by Gasteiger charge is 2.36. The molecule has 0 radical (unpaired) electrons. The standard InChI is InChI=1S/C15H10O6/c16-8-2-3-9-12(6-8)21-15(14(20)13(9)19)7-1-4-10(17)11(18)5-7/h1-6,15-18H. The second-order valence-electron chi connectivity index (χ2n) is 4.62. The number of aromatic hydroxyl groups is 3. The molecule has 106 valence electrons. The van der Waals surface area contributed by atoms with Gasteiger partial charge in [-0.2, -0.15) is 0 Å². The zero-order valence-corrected chi connectivity index (χ0v) is 10.6. The molecule has 0 saturated heterocycles. The van der Waals surface area contributed by atoms with E-state index in [0.29, 0.717) is 0 Å². The van der Waals surface area contributed by atoms with Gasteiger partial charge in [0.05, 0.1) is 5.56 Å². The summed E-state index contributed by atoms with van der Waals surface area (Å²) >= 11 is 0. The molecule has 0 saturated carbocycles. The molecule has 0 aromatic heterocycles. The number of hydrogen-bond donors (Lipinski definition) is 3. The van der Waals surface area contributed by atoms with Crippen molar-refractivity contribution >= 4 is 11.6 Å². The number of phenolic OH excluding ortho intramolecular Hbond substituents is 3. The van der Waals surface area contributed by atoms with Crippen molar-refractivity contribution in [3.05, 3.63) is 47.5 Å². The van der Waals surface area contributed by atoms with E-state index in [9.17, 15) is 24.9 Å². The number of phenols is 3. The van der Waals surface area contributed by atoms with E-state index in [-0.39, 0.29) is 28.4 Å². The fraction of sp³-hybridized carbons (Fsp3) is 0.0667. The smallest absolute Gasteiger partial charge is 0.248 e. The van der Waals surface area contributed by atoms with Crippen LogP contribution in [0.15, 0.2) is 36.4 Å². The minimum Gasteiger partial charge on any atom is -0.508 e. The number of fused-ring (bicyclic) bond motifs is 1. The highest BCUT2D eigenvalue weighted by atomic mass is 16.5.